The smallest absolute Gasteiger partial charge is 0.251 e. The largest absolute Gasteiger partial charge is 0.368 e. The second-order valence-electron chi connectivity index (χ2n) is 8.30. The van der Waals surface area contributed by atoms with E-state index in [4.69, 9.17) is 11.6 Å². The van der Waals surface area contributed by atoms with Gasteiger partial charge < -0.3 is 14.8 Å². The first-order chi connectivity index (χ1) is 15.9. The predicted molar refractivity (Wildman–Crippen MR) is 134 cm³/mol. The number of benzene rings is 2. The summed E-state index contributed by atoms with van der Waals surface area (Å²) in [6, 6.07) is 15.5. The summed E-state index contributed by atoms with van der Waals surface area (Å²) in [4.78, 5) is 36.5. The average Bonchev–Trinajstić information content (AvgIpc) is 2.79. The fourth-order valence-electron chi connectivity index (χ4n) is 3.94. The maximum atomic E-state index is 12.9. The number of carbonyl (C=O) groups is 1. The molecule has 172 valence electrons. The molecule has 4 rings (SSSR count). The molecule has 1 aromatic heterocycles. The average molecular weight is 483 g/mol. The molecule has 0 spiro atoms. The van der Waals surface area contributed by atoms with Crippen LogP contribution in [0.15, 0.2) is 58.5 Å². The van der Waals surface area contributed by atoms with Crippen molar-refractivity contribution in [2.45, 2.75) is 31.2 Å². The predicted octanol–water partition coefficient (Wildman–Crippen LogP) is 4.22. The molecule has 0 unspecified atom stereocenters. The minimum atomic E-state index is -0.249. The van der Waals surface area contributed by atoms with Gasteiger partial charge in [0, 0.05) is 48.7 Å². The van der Waals surface area contributed by atoms with Gasteiger partial charge in [0.1, 0.15) is 0 Å². The summed E-state index contributed by atoms with van der Waals surface area (Å²) in [6.07, 6.45) is 0.123. The van der Waals surface area contributed by atoms with Gasteiger partial charge in [-0.3, -0.25) is 9.59 Å². The third kappa shape index (κ3) is 6.18. The van der Waals surface area contributed by atoms with Gasteiger partial charge in [-0.15, -0.1) is 0 Å². The number of aryl methyl sites for hydroxylation is 2. The van der Waals surface area contributed by atoms with Gasteiger partial charge in [-0.25, -0.2) is 4.98 Å². The number of amides is 1. The Morgan fingerprint density at radius 2 is 1.88 bits per heavy atom. The van der Waals surface area contributed by atoms with Gasteiger partial charge in [0.2, 0.25) is 5.91 Å². The molecule has 0 atom stereocenters. The SMILES string of the molecule is Cc1ccc(C)c(N2CCN(C(=O)Cc3cc(=O)[nH]c(SCc4cccc(Cl)c4)n3)CC2)c1. The van der Waals surface area contributed by atoms with Crippen molar-refractivity contribution in [1.82, 2.24) is 14.9 Å². The lowest BCUT2D eigenvalue weighted by Crippen LogP contribution is -2.49. The maximum absolute atomic E-state index is 12.9. The zero-order chi connectivity index (χ0) is 23.4. The summed E-state index contributed by atoms with van der Waals surface area (Å²) in [5.74, 6) is 0.626. The van der Waals surface area contributed by atoms with E-state index in [9.17, 15) is 9.59 Å². The molecule has 33 heavy (non-hydrogen) atoms. The number of rotatable bonds is 6. The van der Waals surface area contributed by atoms with Crippen molar-refractivity contribution in [2.75, 3.05) is 31.1 Å². The number of nitrogens with one attached hydrogen (secondary N) is 1. The van der Waals surface area contributed by atoms with E-state index in [2.05, 4.69) is 46.9 Å². The summed E-state index contributed by atoms with van der Waals surface area (Å²) in [5.41, 5.74) is 5.00. The fourth-order valence-corrected chi connectivity index (χ4v) is 4.99. The second-order valence-corrected chi connectivity index (χ2v) is 9.70. The number of piperazine rings is 1. The summed E-state index contributed by atoms with van der Waals surface area (Å²) in [6.45, 7) is 7.11. The Balaban J connectivity index is 1.35. The van der Waals surface area contributed by atoms with Crippen LogP contribution in [-0.2, 0) is 17.0 Å². The molecule has 1 saturated heterocycles. The molecule has 6 nitrogen and oxygen atoms in total. The van der Waals surface area contributed by atoms with Crippen LogP contribution in [0.4, 0.5) is 5.69 Å². The Kier molecular flexibility index (Phi) is 7.40. The van der Waals surface area contributed by atoms with Crippen LogP contribution < -0.4 is 10.5 Å². The molecule has 2 aromatic carbocycles. The number of aromatic amines is 1. The Morgan fingerprint density at radius 3 is 2.64 bits per heavy atom. The topological polar surface area (TPSA) is 69.3 Å². The molecule has 2 heterocycles. The van der Waals surface area contributed by atoms with Crippen LogP contribution in [0.1, 0.15) is 22.4 Å². The first kappa shape index (κ1) is 23.4. The van der Waals surface area contributed by atoms with Crippen LogP contribution in [0.2, 0.25) is 5.02 Å². The Labute approximate surface area is 203 Å². The van der Waals surface area contributed by atoms with Crippen LogP contribution in [0.5, 0.6) is 0 Å². The van der Waals surface area contributed by atoms with Crippen molar-refractivity contribution in [3.63, 3.8) is 0 Å². The molecular formula is C25H27ClN4O2S. The number of halogens is 1. The van der Waals surface area contributed by atoms with Gasteiger partial charge in [0.15, 0.2) is 5.16 Å². The molecular weight excluding hydrogens is 456 g/mol. The summed E-state index contributed by atoms with van der Waals surface area (Å²) in [7, 11) is 0. The standard InChI is InChI=1S/C25H27ClN4O2S/c1-17-6-7-18(2)22(12-17)29-8-10-30(11-9-29)24(32)15-21-14-23(31)28-25(27-21)33-16-19-4-3-5-20(26)13-19/h3-7,12-14H,8-11,15-16H2,1-2H3,(H,27,28,31). The van der Waals surface area contributed by atoms with Gasteiger partial charge in [-0.2, -0.15) is 0 Å². The van der Waals surface area contributed by atoms with Gasteiger partial charge in [0.25, 0.3) is 5.56 Å². The number of anilines is 1. The Bertz CT molecular complexity index is 1210. The Hall–Kier alpha value is -2.77. The first-order valence-electron chi connectivity index (χ1n) is 10.9. The Morgan fingerprint density at radius 1 is 1.09 bits per heavy atom. The first-order valence-corrected chi connectivity index (χ1v) is 12.3. The van der Waals surface area contributed by atoms with E-state index in [0.717, 1.165) is 18.7 Å². The molecule has 1 amide bonds. The van der Waals surface area contributed by atoms with E-state index >= 15 is 0 Å². The third-order valence-electron chi connectivity index (χ3n) is 5.71. The van der Waals surface area contributed by atoms with Crippen molar-refractivity contribution in [3.8, 4) is 0 Å². The maximum Gasteiger partial charge on any atom is 0.251 e. The van der Waals surface area contributed by atoms with Gasteiger partial charge in [0.05, 0.1) is 12.1 Å². The molecule has 0 aliphatic carbocycles. The van der Waals surface area contributed by atoms with Crippen molar-refractivity contribution in [2.24, 2.45) is 0 Å². The second kappa shape index (κ2) is 10.4. The lowest BCUT2D eigenvalue weighted by molar-refractivity contribution is -0.130. The molecule has 0 radical (unpaired) electrons. The lowest BCUT2D eigenvalue weighted by atomic mass is 10.1. The third-order valence-corrected chi connectivity index (χ3v) is 6.89. The molecule has 1 aliphatic heterocycles. The normalized spacial score (nSPS) is 13.9. The number of nitrogens with zero attached hydrogens (tertiary/aromatic N) is 3. The lowest BCUT2D eigenvalue weighted by Gasteiger charge is -2.37. The van der Waals surface area contributed by atoms with Crippen LogP contribution in [0.25, 0.3) is 0 Å². The zero-order valence-corrected chi connectivity index (χ0v) is 20.4. The number of hydrogen-bond acceptors (Lipinski definition) is 5. The van der Waals surface area contributed by atoms with Gasteiger partial charge >= 0.3 is 0 Å². The van der Waals surface area contributed by atoms with Crippen LogP contribution in [0.3, 0.4) is 0 Å². The minimum Gasteiger partial charge on any atom is -0.368 e. The summed E-state index contributed by atoms with van der Waals surface area (Å²) in [5, 5.41) is 1.18. The van der Waals surface area contributed by atoms with Crippen LogP contribution in [-0.4, -0.2) is 47.0 Å². The molecule has 1 fully saturated rings. The fraction of sp³-hybridized carbons (Fsp3) is 0.320. The summed E-state index contributed by atoms with van der Waals surface area (Å²) >= 11 is 7.46. The summed E-state index contributed by atoms with van der Waals surface area (Å²) < 4.78 is 0. The zero-order valence-electron chi connectivity index (χ0n) is 18.8. The van der Waals surface area contributed by atoms with Crippen molar-refractivity contribution in [3.05, 3.63) is 86.3 Å². The quantitative estimate of drug-likeness (QED) is 0.420. The van der Waals surface area contributed by atoms with E-state index in [-0.39, 0.29) is 17.9 Å². The number of carbonyl (C=O) groups excluding carboxylic acids is 1. The molecule has 8 heteroatoms. The van der Waals surface area contributed by atoms with Crippen molar-refractivity contribution < 1.29 is 4.79 Å². The monoisotopic (exact) mass is 482 g/mol. The van der Waals surface area contributed by atoms with Crippen LogP contribution in [0, 0.1) is 13.8 Å². The van der Waals surface area contributed by atoms with Crippen molar-refractivity contribution >= 4 is 35.0 Å². The van der Waals surface area contributed by atoms with Gasteiger partial charge in [-0.1, -0.05) is 47.6 Å². The molecule has 1 N–H and O–H groups in total. The molecule has 1 aliphatic rings. The number of H-pyrrole nitrogens is 1. The number of hydrogen-bond donors (Lipinski definition) is 1. The van der Waals surface area contributed by atoms with E-state index in [1.807, 2.05) is 29.2 Å². The van der Waals surface area contributed by atoms with E-state index in [1.165, 1.54) is 34.6 Å². The highest BCUT2D eigenvalue weighted by Gasteiger charge is 2.23. The van der Waals surface area contributed by atoms with E-state index in [1.54, 1.807) is 0 Å². The molecule has 0 bridgehead atoms. The molecule has 0 saturated carbocycles. The van der Waals surface area contributed by atoms with Crippen LogP contribution >= 0.6 is 23.4 Å². The highest BCUT2D eigenvalue weighted by molar-refractivity contribution is 7.98. The number of aromatic nitrogens is 2. The van der Waals surface area contributed by atoms with Crippen molar-refractivity contribution in [1.29, 1.82) is 0 Å². The van der Waals surface area contributed by atoms with E-state index in [0.29, 0.717) is 34.7 Å². The van der Waals surface area contributed by atoms with E-state index < -0.39 is 0 Å². The highest BCUT2D eigenvalue weighted by Crippen LogP contribution is 2.23. The molecule has 3 aromatic rings. The minimum absolute atomic E-state index is 0.000458. The number of thioether (sulfide) groups is 1. The van der Waals surface area contributed by atoms with Gasteiger partial charge in [-0.05, 0) is 48.7 Å². The highest BCUT2D eigenvalue weighted by atomic mass is 35.5.